The van der Waals surface area contributed by atoms with E-state index in [1.807, 2.05) is 0 Å². The summed E-state index contributed by atoms with van der Waals surface area (Å²) in [6.45, 7) is 1.38. The van der Waals surface area contributed by atoms with Crippen LogP contribution < -0.4 is 0 Å². The van der Waals surface area contributed by atoms with Crippen LogP contribution >= 0.6 is 0 Å². The van der Waals surface area contributed by atoms with Crippen molar-refractivity contribution in [3.63, 3.8) is 0 Å². The first-order valence-electron chi connectivity index (χ1n) is 3.60. The lowest BCUT2D eigenvalue weighted by molar-refractivity contribution is -0.149. The Hall–Kier alpha value is -0.113. The molecule has 7 heteroatoms. The third-order valence-electron chi connectivity index (χ3n) is 1.84. The first-order chi connectivity index (χ1) is 5.75. The minimum atomic E-state index is -4.40. The van der Waals surface area contributed by atoms with Crippen molar-refractivity contribution in [2.45, 2.75) is 24.9 Å². The molecular formula is C6H13F3O3Si. The van der Waals surface area contributed by atoms with Crippen LogP contribution in [-0.2, 0) is 8.85 Å². The van der Waals surface area contributed by atoms with Crippen molar-refractivity contribution in [3.8, 4) is 0 Å². The molecule has 0 radical (unpaired) electrons. The lowest BCUT2D eigenvalue weighted by Gasteiger charge is -2.28. The van der Waals surface area contributed by atoms with E-state index in [0.717, 1.165) is 0 Å². The molecule has 0 bridgehead atoms. The maximum atomic E-state index is 11.9. The van der Waals surface area contributed by atoms with Crippen LogP contribution in [-0.4, -0.2) is 39.8 Å². The van der Waals surface area contributed by atoms with E-state index >= 15 is 0 Å². The van der Waals surface area contributed by atoms with E-state index in [2.05, 4.69) is 0 Å². The summed E-state index contributed by atoms with van der Waals surface area (Å²) in [7, 11) is -0.612. The molecule has 0 saturated carbocycles. The summed E-state index contributed by atoms with van der Waals surface area (Å²) in [5.41, 5.74) is -1.59. The fourth-order valence-corrected chi connectivity index (χ4v) is 2.07. The lowest BCUT2D eigenvalue weighted by atomic mass is 10.4. The highest BCUT2D eigenvalue weighted by molar-refractivity contribution is 6.67. The van der Waals surface area contributed by atoms with E-state index < -0.39 is 26.9 Å². The van der Waals surface area contributed by atoms with Gasteiger partial charge in [-0.3, -0.25) is 0 Å². The van der Waals surface area contributed by atoms with Crippen LogP contribution in [0.1, 0.15) is 6.42 Å². The minimum absolute atomic E-state index is 1.23. The standard InChI is InChI=1S/C6H13F3O3Si/c1-11-13(3,12-2)5(10)4-6(7,8)9/h5,10H,4H2,1-3H3. The SMILES string of the molecule is CO[Si](C)(OC)C(O)CC(F)(F)F. The number of aliphatic hydroxyl groups excluding tert-OH is 1. The third-order valence-corrected chi connectivity index (χ3v) is 4.88. The van der Waals surface area contributed by atoms with Gasteiger partial charge in [0, 0.05) is 14.2 Å². The molecule has 0 fully saturated rings. The van der Waals surface area contributed by atoms with Gasteiger partial charge in [0.15, 0.2) is 0 Å². The molecule has 0 spiro atoms. The predicted octanol–water partition coefficient (Wildman–Crippen LogP) is 1.20. The highest BCUT2D eigenvalue weighted by Crippen LogP contribution is 2.26. The van der Waals surface area contributed by atoms with Gasteiger partial charge in [0.05, 0.1) is 6.42 Å². The largest absolute Gasteiger partial charge is 0.396 e. The number of rotatable bonds is 4. The summed E-state index contributed by atoms with van der Waals surface area (Å²) >= 11 is 0. The van der Waals surface area contributed by atoms with Gasteiger partial charge in [-0.1, -0.05) is 0 Å². The summed E-state index contributed by atoms with van der Waals surface area (Å²) in [5, 5.41) is 9.20. The lowest BCUT2D eigenvalue weighted by Crippen LogP contribution is -2.51. The number of aliphatic hydroxyl groups is 1. The van der Waals surface area contributed by atoms with Gasteiger partial charge in [0.1, 0.15) is 5.73 Å². The van der Waals surface area contributed by atoms with Gasteiger partial charge >= 0.3 is 14.7 Å². The van der Waals surface area contributed by atoms with Crippen LogP contribution in [0.3, 0.4) is 0 Å². The minimum Gasteiger partial charge on any atom is -0.396 e. The molecule has 1 atom stereocenters. The zero-order valence-corrected chi connectivity index (χ0v) is 8.68. The first-order valence-corrected chi connectivity index (χ1v) is 5.99. The van der Waals surface area contributed by atoms with Crippen LogP contribution in [0.2, 0.25) is 6.55 Å². The number of hydrogen-bond donors (Lipinski definition) is 1. The van der Waals surface area contributed by atoms with E-state index in [-0.39, 0.29) is 0 Å². The van der Waals surface area contributed by atoms with E-state index in [4.69, 9.17) is 8.85 Å². The van der Waals surface area contributed by atoms with Crippen molar-refractivity contribution in [1.82, 2.24) is 0 Å². The Labute approximate surface area is 75.7 Å². The maximum absolute atomic E-state index is 11.9. The monoisotopic (exact) mass is 218 g/mol. The maximum Gasteiger partial charge on any atom is 0.391 e. The Balaban J connectivity index is 4.31. The quantitative estimate of drug-likeness (QED) is 0.721. The fourth-order valence-electron chi connectivity index (χ4n) is 0.760. The molecular weight excluding hydrogens is 205 g/mol. The zero-order chi connectivity index (χ0) is 10.7. The topological polar surface area (TPSA) is 38.7 Å². The van der Waals surface area contributed by atoms with Gasteiger partial charge in [0.25, 0.3) is 0 Å². The molecule has 0 heterocycles. The molecule has 0 aromatic rings. The second kappa shape index (κ2) is 4.40. The summed E-state index contributed by atoms with van der Waals surface area (Å²) in [4.78, 5) is 0. The van der Waals surface area contributed by atoms with Gasteiger partial charge in [-0.15, -0.1) is 0 Å². The Kier molecular flexibility index (Phi) is 4.37. The molecule has 0 aliphatic heterocycles. The fraction of sp³-hybridized carbons (Fsp3) is 1.00. The van der Waals surface area contributed by atoms with Crippen molar-refractivity contribution in [3.05, 3.63) is 0 Å². The van der Waals surface area contributed by atoms with Gasteiger partial charge in [0.2, 0.25) is 0 Å². The van der Waals surface area contributed by atoms with Gasteiger partial charge in [-0.2, -0.15) is 13.2 Å². The Bertz CT molecular complexity index is 158. The molecule has 0 rings (SSSR count). The van der Waals surface area contributed by atoms with Crippen molar-refractivity contribution in [2.24, 2.45) is 0 Å². The van der Waals surface area contributed by atoms with E-state index in [0.29, 0.717) is 0 Å². The molecule has 80 valence electrons. The van der Waals surface area contributed by atoms with Crippen molar-refractivity contribution < 1.29 is 27.1 Å². The Morgan fingerprint density at radius 2 is 1.69 bits per heavy atom. The molecule has 0 saturated heterocycles. The highest BCUT2D eigenvalue weighted by Gasteiger charge is 2.45. The van der Waals surface area contributed by atoms with Crippen LogP contribution in [0, 0.1) is 0 Å². The van der Waals surface area contributed by atoms with Crippen LogP contribution in [0.25, 0.3) is 0 Å². The Morgan fingerprint density at radius 1 is 1.31 bits per heavy atom. The van der Waals surface area contributed by atoms with E-state index in [1.54, 1.807) is 0 Å². The molecule has 1 N–H and O–H groups in total. The molecule has 0 amide bonds. The van der Waals surface area contributed by atoms with Crippen molar-refractivity contribution in [1.29, 1.82) is 0 Å². The summed E-state index contributed by atoms with van der Waals surface area (Å²) < 4.78 is 45.1. The predicted molar refractivity (Wildman–Crippen MR) is 42.3 cm³/mol. The van der Waals surface area contributed by atoms with Crippen LogP contribution in [0.15, 0.2) is 0 Å². The molecule has 1 unspecified atom stereocenters. The van der Waals surface area contributed by atoms with Gasteiger partial charge < -0.3 is 14.0 Å². The average Bonchev–Trinajstić information content (AvgIpc) is 2.00. The molecule has 13 heavy (non-hydrogen) atoms. The highest BCUT2D eigenvalue weighted by atomic mass is 28.4. The van der Waals surface area contributed by atoms with E-state index in [1.165, 1.54) is 20.8 Å². The second-order valence-electron chi connectivity index (χ2n) is 2.76. The molecule has 0 aromatic heterocycles. The van der Waals surface area contributed by atoms with Crippen LogP contribution in [0.5, 0.6) is 0 Å². The zero-order valence-electron chi connectivity index (χ0n) is 7.68. The third kappa shape index (κ3) is 4.07. The van der Waals surface area contributed by atoms with Crippen molar-refractivity contribution >= 4 is 8.56 Å². The summed E-state index contributed by atoms with van der Waals surface area (Å²) in [6.07, 6.45) is -5.69. The second-order valence-corrected chi connectivity index (χ2v) is 6.27. The van der Waals surface area contributed by atoms with Gasteiger partial charge in [-0.05, 0) is 6.55 Å². The Morgan fingerprint density at radius 3 is 1.92 bits per heavy atom. The molecule has 0 aliphatic rings. The van der Waals surface area contributed by atoms with Crippen LogP contribution in [0.4, 0.5) is 13.2 Å². The number of alkyl halides is 3. The van der Waals surface area contributed by atoms with Crippen molar-refractivity contribution in [2.75, 3.05) is 14.2 Å². The molecule has 3 nitrogen and oxygen atoms in total. The first kappa shape index (κ1) is 12.9. The summed E-state index contributed by atoms with van der Waals surface area (Å²) in [6, 6.07) is 0. The smallest absolute Gasteiger partial charge is 0.391 e. The number of hydrogen-bond acceptors (Lipinski definition) is 3. The normalized spacial score (nSPS) is 15.9. The van der Waals surface area contributed by atoms with Gasteiger partial charge in [-0.25, -0.2) is 0 Å². The average molecular weight is 218 g/mol. The molecule has 0 aromatic carbocycles. The number of halogens is 3. The summed E-state index contributed by atoms with van der Waals surface area (Å²) in [5.74, 6) is 0. The molecule has 0 aliphatic carbocycles. The van der Waals surface area contributed by atoms with E-state index in [9.17, 15) is 18.3 Å².